The highest BCUT2D eigenvalue weighted by molar-refractivity contribution is 9.10. The molecule has 0 bridgehead atoms. The molecule has 6 heteroatoms. The minimum atomic E-state index is -0.600. The monoisotopic (exact) mass is 352 g/mol. The molecule has 2 aromatic rings. The molecule has 0 spiro atoms. The summed E-state index contributed by atoms with van der Waals surface area (Å²) in [4.78, 5) is 16.3. The van der Waals surface area contributed by atoms with E-state index in [1.54, 1.807) is 24.4 Å². The molecule has 110 valence electrons. The van der Waals surface area contributed by atoms with Gasteiger partial charge in [-0.05, 0) is 54.0 Å². The molecule has 0 saturated carbocycles. The van der Waals surface area contributed by atoms with Gasteiger partial charge in [-0.15, -0.1) is 0 Å². The van der Waals surface area contributed by atoms with Gasteiger partial charge in [0.2, 0.25) is 5.88 Å². The van der Waals surface area contributed by atoms with Crippen LogP contribution in [-0.2, 0) is 0 Å². The number of hydrogen-bond donors (Lipinski definition) is 1. The van der Waals surface area contributed by atoms with Crippen LogP contribution in [0.3, 0.4) is 0 Å². The van der Waals surface area contributed by atoms with Crippen molar-refractivity contribution in [3.8, 4) is 5.88 Å². The number of ether oxygens (including phenoxy) is 1. The zero-order chi connectivity index (χ0) is 15.4. The molecule has 2 rings (SSSR count). The Morgan fingerprint density at radius 2 is 2.10 bits per heavy atom. The fourth-order valence-electron chi connectivity index (χ4n) is 1.70. The van der Waals surface area contributed by atoms with Gasteiger partial charge in [-0.25, -0.2) is 9.37 Å². The van der Waals surface area contributed by atoms with Gasteiger partial charge in [0.1, 0.15) is 11.5 Å². The van der Waals surface area contributed by atoms with Gasteiger partial charge in [-0.1, -0.05) is 6.07 Å². The number of anilines is 1. The molecule has 4 nitrogen and oxygen atoms in total. The van der Waals surface area contributed by atoms with Gasteiger partial charge in [-0.3, -0.25) is 4.79 Å². The van der Waals surface area contributed by atoms with Gasteiger partial charge >= 0.3 is 0 Å². The second-order valence-corrected chi connectivity index (χ2v) is 5.43. The Labute approximate surface area is 130 Å². The Hall–Kier alpha value is -1.95. The molecular weight excluding hydrogens is 339 g/mol. The fourth-order valence-corrected chi connectivity index (χ4v) is 2.22. The molecule has 0 radical (unpaired) electrons. The lowest BCUT2D eigenvalue weighted by Gasteiger charge is -2.14. The first-order chi connectivity index (χ1) is 9.99. The van der Waals surface area contributed by atoms with E-state index in [4.69, 9.17) is 4.74 Å². The van der Waals surface area contributed by atoms with Crippen molar-refractivity contribution in [2.45, 2.75) is 20.0 Å². The largest absolute Gasteiger partial charge is 0.473 e. The van der Waals surface area contributed by atoms with E-state index in [2.05, 4.69) is 26.2 Å². The average molecular weight is 353 g/mol. The summed E-state index contributed by atoms with van der Waals surface area (Å²) in [6, 6.07) is 7.67. The van der Waals surface area contributed by atoms with Crippen LogP contribution in [0.1, 0.15) is 24.2 Å². The van der Waals surface area contributed by atoms with Gasteiger partial charge in [0.25, 0.3) is 5.91 Å². The Morgan fingerprint density at radius 3 is 2.76 bits per heavy atom. The minimum Gasteiger partial charge on any atom is -0.473 e. The van der Waals surface area contributed by atoms with Crippen molar-refractivity contribution in [1.29, 1.82) is 0 Å². The van der Waals surface area contributed by atoms with Crippen LogP contribution in [0.25, 0.3) is 0 Å². The molecule has 21 heavy (non-hydrogen) atoms. The Morgan fingerprint density at radius 1 is 1.33 bits per heavy atom. The zero-order valence-electron chi connectivity index (χ0n) is 11.6. The molecule has 1 aromatic heterocycles. The summed E-state index contributed by atoms with van der Waals surface area (Å²) in [5.74, 6) is -0.869. The molecule has 1 heterocycles. The molecule has 0 saturated heterocycles. The minimum absolute atomic E-state index is 0.0585. The number of carbonyl (C=O) groups is 1. The fraction of sp³-hybridized carbons (Fsp3) is 0.200. The third kappa shape index (κ3) is 3.78. The summed E-state index contributed by atoms with van der Waals surface area (Å²) in [6.45, 7) is 3.71. The highest BCUT2D eigenvalue weighted by atomic mass is 79.9. The quantitative estimate of drug-likeness (QED) is 0.903. The first-order valence-corrected chi connectivity index (χ1v) is 7.15. The van der Waals surface area contributed by atoms with Gasteiger partial charge in [0.15, 0.2) is 0 Å². The van der Waals surface area contributed by atoms with Gasteiger partial charge in [-0.2, -0.15) is 0 Å². The SMILES string of the molecule is CC(C)Oc1ncccc1NC(=O)c1c(F)cccc1Br. The molecule has 1 amide bonds. The van der Waals surface area contributed by atoms with Crippen LogP contribution in [0.5, 0.6) is 5.88 Å². The Kier molecular flexibility index (Phi) is 4.90. The third-order valence-corrected chi connectivity index (χ3v) is 3.22. The lowest BCUT2D eigenvalue weighted by molar-refractivity contribution is 0.102. The van der Waals surface area contributed by atoms with Gasteiger partial charge in [0, 0.05) is 10.7 Å². The summed E-state index contributed by atoms with van der Waals surface area (Å²) in [5, 5.41) is 2.62. The predicted octanol–water partition coefficient (Wildman–Crippen LogP) is 4.02. The first-order valence-electron chi connectivity index (χ1n) is 6.36. The van der Waals surface area contributed by atoms with E-state index in [1.165, 1.54) is 12.1 Å². The van der Waals surface area contributed by atoms with Crippen LogP contribution >= 0.6 is 15.9 Å². The number of carbonyl (C=O) groups excluding carboxylic acids is 1. The van der Waals surface area contributed by atoms with Crippen LogP contribution in [-0.4, -0.2) is 17.0 Å². The molecule has 0 atom stereocenters. The summed E-state index contributed by atoms with van der Waals surface area (Å²) in [6.07, 6.45) is 1.47. The lowest BCUT2D eigenvalue weighted by atomic mass is 10.2. The third-order valence-electron chi connectivity index (χ3n) is 2.56. The van der Waals surface area contributed by atoms with Crippen LogP contribution in [0.15, 0.2) is 41.0 Å². The Bertz CT molecular complexity index is 642. The van der Waals surface area contributed by atoms with Crippen LogP contribution in [0, 0.1) is 5.82 Å². The molecule has 0 aliphatic carbocycles. The van der Waals surface area contributed by atoms with E-state index in [9.17, 15) is 9.18 Å². The molecule has 0 aliphatic rings. The second-order valence-electron chi connectivity index (χ2n) is 4.57. The summed E-state index contributed by atoms with van der Waals surface area (Å²) in [7, 11) is 0. The number of aromatic nitrogens is 1. The normalized spacial score (nSPS) is 10.5. The highest BCUT2D eigenvalue weighted by Gasteiger charge is 2.17. The number of rotatable bonds is 4. The maximum absolute atomic E-state index is 13.8. The maximum atomic E-state index is 13.8. The van der Waals surface area contributed by atoms with E-state index in [0.717, 1.165) is 0 Å². The number of pyridine rings is 1. The highest BCUT2D eigenvalue weighted by Crippen LogP contribution is 2.25. The van der Waals surface area contributed by atoms with Crippen LogP contribution in [0.4, 0.5) is 10.1 Å². The Balaban J connectivity index is 2.28. The summed E-state index contributed by atoms with van der Waals surface area (Å²) < 4.78 is 19.7. The molecule has 0 unspecified atom stereocenters. The van der Waals surface area contributed by atoms with Gasteiger partial charge < -0.3 is 10.1 Å². The number of benzene rings is 1. The smallest absolute Gasteiger partial charge is 0.259 e. The second kappa shape index (κ2) is 6.67. The standard InChI is InChI=1S/C15H14BrFN2O2/c1-9(2)21-15-12(7-4-8-18-15)19-14(20)13-10(16)5-3-6-11(13)17/h3-9H,1-2H3,(H,19,20). The van der Waals surface area contributed by atoms with Crippen LogP contribution < -0.4 is 10.1 Å². The van der Waals surface area contributed by atoms with Crippen molar-refractivity contribution < 1.29 is 13.9 Å². The molecule has 0 aliphatic heterocycles. The van der Waals surface area contributed by atoms with E-state index in [0.29, 0.717) is 16.0 Å². The average Bonchev–Trinajstić information content (AvgIpc) is 2.40. The molecule has 1 aromatic carbocycles. The first kappa shape index (κ1) is 15.4. The lowest BCUT2D eigenvalue weighted by Crippen LogP contribution is -2.17. The van der Waals surface area contributed by atoms with E-state index in [1.807, 2.05) is 13.8 Å². The van der Waals surface area contributed by atoms with Crippen molar-refractivity contribution in [2.75, 3.05) is 5.32 Å². The van der Waals surface area contributed by atoms with E-state index < -0.39 is 11.7 Å². The predicted molar refractivity (Wildman–Crippen MR) is 82.1 cm³/mol. The summed E-state index contributed by atoms with van der Waals surface area (Å²) >= 11 is 3.17. The van der Waals surface area contributed by atoms with Crippen molar-refractivity contribution in [2.24, 2.45) is 0 Å². The zero-order valence-corrected chi connectivity index (χ0v) is 13.1. The van der Waals surface area contributed by atoms with Crippen molar-refractivity contribution >= 4 is 27.5 Å². The van der Waals surface area contributed by atoms with Crippen molar-refractivity contribution in [3.63, 3.8) is 0 Å². The number of halogens is 2. The topological polar surface area (TPSA) is 51.2 Å². The van der Waals surface area contributed by atoms with Gasteiger partial charge in [0.05, 0.1) is 11.7 Å². The van der Waals surface area contributed by atoms with E-state index in [-0.39, 0.29) is 11.7 Å². The summed E-state index contributed by atoms with van der Waals surface area (Å²) in [5.41, 5.74) is 0.336. The maximum Gasteiger partial charge on any atom is 0.259 e. The molecular formula is C15H14BrFN2O2. The molecule has 0 fully saturated rings. The number of nitrogens with zero attached hydrogens (tertiary/aromatic N) is 1. The number of amides is 1. The number of hydrogen-bond acceptors (Lipinski definition) is 3. The van der Waals surface area contributed by atoms with E-state index >= 15 is 0 Å². The van der Waals surface area contributed by atoms with Crippen molar-refractivity contribution in [1.82, 2.24) is 4.98 Å². The molecule has 1 N–H and O–H groups in total. The van der Waals surface area contributed by atoms with Crippen LogP contribution in [0.2, 0.25) is 0 Å². The number of nitrogens with one attached hydrogen (secondary N) is 1. The van der Waals surface area contributed by atoms with Crippen molar-refractivity contribution in [3.05, 3.63) is 52.4 Å².